The second kappa shape index (κ2) is 8.37. The summed E-state index contributed by atoms with van der Waals surface area (Å²) < 4.78 is 44.2. The third-order valence-electron chi connectivity index (χ3n) is 5.40. The van der Waals surface area contributed by atoms with Crippen molar-refractivity contribution < 1.29 is 32.6 Å². The number of carbonyl (C=O) groups excluding carboxylic acids is 1. The monoisotopic (exact) mass is 441 g/mol. The fourth-order valence-electron chi connectivity index (χ4n) is 3.94. The number of aliphatic carboxylic acids is 1. The van der Waals surface area contributed by atoms with Crippen molar-refractivity contribution in [3.8, 4) is 11.1 Å². The molecular formula is C24H18F3NO4. The molecule has 3 aromatic carbocycles. The normalized spacial score (nSPS) is 13.7. The lowest BCUT2D eigenvalue weighted by atomic mass is 9.98. The summed E-state index contributed by atoms with van der Waals surface area (Å²) in [4.78, 5) is 24.0. The van der Waals surface area contributed by atoms with Gasteiger partial charge in [-0.05, 0) is 39.9 Å². The first-order valence-corrected chi connectivity index (χ1v) is 9.77. The molecule has 0 unspecified atom stereocenters. The van der Waals surface area contributed by atoms with Gasteiger partial charge in [0.25, 0.3) is 0 Å². The van der Waals surface area contributed by atoms with Gasteiger partial charge in [0, 0.05) is 5.92 Å². The number of amides is 1. The van der Waals surface area contributed by atoms with E-state index in [1.807, 2.05) is 48.5 Å². The number of ether oxygens (including phenoxy) is 1. The van der Waals surface area contributed by atoms with Gasteiger partial charge in [-0.2, -0.15) is 13.2 Å². The van der Waals surface area contributed by atoms with Gasteiger partial charge in [0.05, 0.1) is 5.56 Å². The minimum atomic E-state index is -4.64. The molecule has 0 radical (unpaired) electrons. The summed E-state index contributed by atoms with van der Waals surface area (Å²) in [6.07, 6.45) is -5.67. The van der Waals surface area contributed by atoms with E-state index in [-0.39, 0.29) is 18.1 Å². The lowest BCUT2D eigenvalue weighted by Gasteiger charge is -2.18. The highest BCUT2D eigenvalue weighted by molar-refractivity contribution is 5.82. The van der Waals surface area contributed by atoms with E-state index in [1.54, 1.807) is 0 Å². The largest absolute Gasteiger partial charge is 0.479 e. The Labute approximate surface area is 181 Å². The summed E-state index contributed by atoms with van der Waals surface area (Å²) >= 11 is 0. The van der Waals surface area contributed by atoms with Crippen molar-refractivity contribution in [1.82, 2.24) is 5.32 Å². The Kier molecular flexibility index (Phi) is 5.61. The number of benzene rings is 3. The Balaban J connectivity index is 1.49. The van der Waals surface area contributed by atoms with E-state index in [9.17, 15) is 27.9 Å². The average molecular weight is 441 g/mol. The third kappa shape index (κ3) is 4.16. The first-order valence-electron chi connectivity index (χ1n) is 9.77. The summed E-state index contributed by atoms with van der Waals surface area (Å²) in [6, 6.07) is 17.5. The molecule has 4 rings (SSSR count). The van der Waals surface area contributed by atoms with Crippen LogP contribution < -0.4 is 5.32 Å². The molecule has 1 atom stereocenters. The molecule has 8 heteroatoms. The number of alkyl carbamates (subject to hydrolysis) is 1. The van der Waals surface area contributed by atoms with Crippen molar-refractivity contribution in [2.75, 3.05) is 6.61 Å². The van der Waals surface area contributed by atoms with E-state index in [0.29, 0.717) is 6.07 Å². The van der Waals surface area contributed by atoms with E-state index in [0.717, 1.165) is 34.4 Å². The van der Waals surface area contributed by atoms with Gasteiger partial charge >= 0.3 is 18.2 Å². The Hall–Kier alpha value is -3.81. The summed E-state index contributed by atoms with van der Waals surface area (Å²) in [6.45, 7) is -0.0468. The van der Waals surface area contributed by atoms with Crippen LogP contribution in [0.4, 0.5) is 18.0 Å². The molecule has 0 aliphatic heterocycles. The number of alkyl halides is 3. The molecule has 1 aliphatic carbocycles. The first kappa shape index (κ1) is 21.4. The smallest absolute Gasteiger partial charge is 0.416 e. The molecule has 5 nitrogen and oxygen atoms in total. The van der Waals surface area contributed by atoms with Crippen molar-refractivity contribution in [1.29, 1.82) is 0 Å². The van der Waals surface area contributed by atoms with Crippen LogP contribution in [0.15, 0.2) is 72.8 Å². The molecule has 0 aromatic heterocycles. The molecule has 0 saturated heterocycles. The van der Waals surface area contributed by atoms with Gasteiger partial charge in [0.1, 0.15) is 6.61 Å². The second-order valence-corrected chi connectivity index (χ2v) is 7.36. The van der Waals surface area contributed by atoms with Crippen LogP contribution >= 0.6 is 0 Å². The number of hydrogen-bond acceptors (Lipinski definition) is 3. The van der Waals surface area contributed by atoms with Gasteiger partial charge in [0.2, 0.25) is 0 Å². The number of carboxylic acids is 1. The van der Waals surface area contributed by atoms with Crippen molar-refractivity contribution in [2.45, 2.75) is 18.1 Å². The Bertz CT molecular complexity index is 1130. The molecule has 2 N–H and O–H groups in total. The van der Waals surface area contributed by atoms with Crippen LogP contribution in [-0.2, 0) is 15.7 Å². The molecule has 0 spiro atoms. The highest BCUT2D eigenvalue weighted by atomic mass is 19.4. The number of fused-ring (bicyclic) bond motifs is 3. The van der Waals surface area contributed by atoms with E-state index >= 15 is 0 Å². The Morgan fingerprint density at radius 2 is 1.53 bits per heavy atom. The number of carboxylic acid groups (broad SMARTS) is 1. The fraction of sp³-hybridized carbons (Fsp3) is 0.167. The number of carbonyl (C=O) groups is 2. The minimum absolute atomic E-state index is 0.0468. The fourth-order valence-corrected chi connectivity index (χ4v) is 3.94. The zero-order chi connectivity index (χ0) is 22.9. The maximum atomic E-state index is 13.0. The van der Waals surface area contributed by atoms with Crippen molar-refractivity contribution in [3.05, 3.63) is 95.1 Å². The maximum Gasteiger partial charge on any atom is 0.416 e. The maximum absolute atomic E-state index is 13.0. The van der Waals surface area contributed by atoms with E-state index in [4.69, 9.17) is 4.74 Å². The third-order valence-corrected chi connectivity index (χ3v) is 5.40. The Morgan fingerprint density at radius 3 is 2.09 bits per heavy atom. The second-order valence-electron chi connectivity index (χ2n) is 7.36. The van der Waals surface area contributed by atoms with Crippen LogP contribution in [0.3, 0.4) is 0 Å². The van der Waals surface area contributed by atoms with E-state index in [2.05, 4.69) is 5.32 Å². The predicted octanol–water partition coefficient (Wildman–Crippen LogP) is 5.37. The Morgan fingerprint density at radius 1 is 0.938 bits per heavy atom. The van der Waals surface area contributed by atoms with Crippen LogP contribution in [-0.4, -0.2) is 23.8 Å². The molecule has 164 valence electrons. The minimum Gasteiger partial charge on any atom is -0.479 e. The van der Waals surface area contributed by atoms with Gasteiger partial charge in [0.15, 0.2) is 6.04 Å². The highest BCUT2D eigenvalue weighted by Gasteiger charge is 2.33. The van der Waals surface area contributed by atoms with Gasteiger partial charge in [-0.25, -0.2) is 9.59 Å². The zero-order valence-electron chi connectivity index (χ0n) is 16.6. The quantitative estimate of drug-likeness (QED) is 0.558. The average Bonchev–Trinajstić information content (AvgIpc) is 3.09. The van der Waals surface area contributed by atoms with Gasteiger partial charge in [-0.15, -0.1) is 0 Å². The molecular weight excluding hydrogens is 423 g/mol. The van der Waals surface area contributed by atoms with Gasteiger partial charge < -0.3 is 15.2 Å². The van der Waals surface area contributed by atoms with Crippen LogP contribution in [0, 0.1) is 0 Å². The summed E-state index contributed by atoms with van der Waals surface area (Å²) in [7, 11) is 0. The molecule has 0 bridgehead atoms. The zero-order valence-corrected chi connectivity index (χ0v) is 16.6. The van der Waals surface area contributed by atoms with Crippen LogP contribution in [0.25, 0.3) is 11.1 Å². The van der Waals surface area contributed by atoms with Gasteiger partial charge in [-0.1, -0.05) is 60.7 Å². The van der Waals surface area contributed by atoms with Crippen LogP contribution in [0.1, 0.15) is 34.2 Å². The molecule has 0 fully saturated rings. The van der Waals surface area contributed by atoms with Crippen molar-refractivity contribution in [2.24, 2.45) is 0 Å². The molecule has 3 aromatic rings. The highest BCUT2D eigenvalue weighted by Crippen LogP contribution is 2.44. The first-order chi connectivity index (χ1) is 15.3. The summed E-state index contributed by atoms with van der Waals surface area (Å²) in [5.41, 5.74) is 2.81. The number of hydrogen-bond donors (Lipinski definition) is 2. The summed E-state index contributed by atoms with van der Waals surface area (Å²) in [5.74, 6) is -1.73. The molecule has 0 heterocycles. The SMILES string of the molecule is O=C(N[C@H](C(=O)O)c1cccc(C(F)(F)F)c1)OCC1c2ccccc2-c2ccccc21. The standard InChI is InChI=1S/C24H18F3NO4/c25-24(26,27)15-7-5-6-14(12-15)21(22(29)30)28-23(31)32-13-20-18-10-3-1-8-16(18)17-9-2-4-11-19(17)20/h1-12,20-21H,13H2,(H,28,31)(H,29,30)/t21-/m0/s1. The van der Waals surface area contributed by atoms with Crippen LogP contribution in [0.2, 0.25) is 0 Å². The molecule has 1 amide bonds. The van der Waals surface area contributed by atoms with E-state index < -0.39 is 29.8 Å². The van der Waals surface area contributed by atoms with Crippen LogP contribution in [0.5, 0.6) is 0 Å². The van der Waals surface area contributed by atoms with Gasteiger partial charge in [-0.3, -0.25) is 0 Å². The number of halogens is 3. The lowest BCUT2D eigenvalue weighted by molar-refractivity contribution is -0.140. The number of rotatable bonds is 5. The van der Waals surface area contributed by atoms with E-state index in [1.165, 1.54) is 6.07 Å². The summed E-state index contributed by atoms with van der Waals surface area (Å²) in [5, 5.41) is 11.6. The predicted molar refractivity (Wildman–Crippen MR) is 110 cm³/mol. The number of nitrogens with one attached hydrogen (secondary N) is 1. The van der Waals surface area contributed by atoms with Crippen molar-refractivity contribution in [3.63, 3.8) is 0 Å². The topological polar surface area (TPSA) is 75.6 Å². The molecule has 1 aliphatic rings. The molecule has 0 saturated carbocycles. The lowest BCUT2D eigenvalue weighted by Crippen LogP contribution is -2.35. The molecule has 32 heavy (non-hydrogen) atoms. The van der Waals surface area contributed by atoms with Crippen molar-refractivity contribution >= 4 is 12.1 Å².